The van der Waals surface area contributed by atoms with Crippen LogP contribution in [0.2, 0.25) is 0 Å². The molecular formula is C12H19N3O5. The summed E-state index contributed by atoms with van der Waals surface area (Å²) in [6.45, 7) is 1.95. The largest absolute Gasteiger partial charge is 0.393 e. The van der Waals surface area contributed by atoms with Crippen LogP contribution in [0.25, 0.3) is 0 Å². The average Bonchev–Trinajstić information content (AvgIpc) is 2.60. The molecule has 8 heteroatoms. The number of amides is 1. The van der Waals surface area contributed by atoms with E-state index in [0.717, 1.165) is 0 Å². The molecule has 2 saturated heterocycles. The van der Waals surface area contributed by atoms with Crippen molar-refractivity contribution in [3.05, 3.63) is 11.8 Å². The second-order valence-electron chi connectivity index (χ2n) is 5.51. The van der Waals surface area contributed by atoms with Crippen molar-refractivity contribution >= 4 is 5.91 Å². The first-order chi connectivity index (χ1) is 9.48. The van der Waals surface area contributed by atoms with Gasteiger partial charge in [-0.3, -0.25) is 4.79 Å². The summed E-state index contributed by atoms with van der Waals surface area (Å²) in [4.78, 5) is 12.9. The SMILES string of the molecule is CC1=CN([C@@H]2O[C@@]3(CO)CCN[C@@H]2[C@@H]3O)C(O)NC1=O. The van der Waals surface area contributed by atoms with E-state index in [1.165, 1.54) is 11.1 Å². The second-order valence-corrected chi connectivity index (χ2v) is 5.51. The van der Waals surface area contributed by atoms with E-state index in [4.69, 9.17) is 4.74 Å². The van der Waals surface area contributed by atoms with Crippen LogP contribution in [-0.2, 0) is 9.53 Å². The van der Waals surface area contributed by atoms with Crippen LogP contribution in [0.15, 0.2) is 11.8 Å². The van der Waals surface area contributed by atoms with Gasteiger partial charge in [0.25, 0.3) is 5.91 Å². The van der Waals surface area contributed by atoms with Gasteiger partial charge in [-0.15, -0.1) is 0 Å². The van der Waals surface area contributed by atoms with Crippen LogP contribution in [0.4, 0.5) is 0 Å². The highest BCUT2D eigenvalue weighted by Gasteiger charge is 2.58. The van der Waals surface area contributed by atoms with E-state index >= 15 is 0 Å². The lowest BCUT2D eigenvalue weighted by Gasteiger charge is -2.37. The lowest BCUT2D eigenvalue weighted by molar-refractivity contribution is -0.170. The number of rotatable bonds is 2. The number of carbonyl (C=O) groups is 1. The molecule has 3 aliphatic heterocycles. The Kier molecular flexibility index (Phi) is 3.22. The van der Waals surface area contributed by atoms with E-state index in [1.807, 2.05) is 0 Å². The topological polar surface area (TPSA) is 114 Å². The molecule has 3 rings (SSSR count). The number of aliphatic hydroxyl groups excluding tert-OH is 3. The first kappa shape index (κ1) is 13.8. The summed E-state index contributed by atoms with van der Waals surface area (Å²) in [6.07, 6.45) is -0.763. The van der Waals surface area contributed by atoms with Gasteiger partial charge in [0.15, 0.2) is 6.23 Å². The summed E-state index contributed by atoms with van der Waals surface area (Å²) in [6, 6.07) is -0.440. The molecule has 3 aliphatic rings. The molecule has 0 aromatic heterocycles. The standard InChI is InChI=1S/C12H19N3O5/c1-6-4-15(11(19)14-9(6)18)10-7-8(17)12(5-16,20-10)2-3-13-7/h4,7-8,10-11,13,16-17,19H,2-3,5H2,1H3,(H,14,18)/t7-,8+,10-,11?,12-/m1/s1. The molecular weight excluding hydrogens is 266 g/mol. The smallest absolute Gasteiger partial charge is 0.251 e. The number of hydrogen-bond donors (Lipinski definition) is 5. The number of carbonyl (C=O) groups excluding carboxylic acids is 1. The van der Waals surface area contributed by atoms with Crippen LogP contribution in [0.3, 0.4) is 0 Å². The van der Waals surface area contributed by atoms with Crippen molar-refractivity contribution in [2.75, 3.05) is 13.2 Å². The van der Waals surface area contributed by atoms with Crippen LogP contribution in [0.1, 0.15) is 13.3 Å². The van der Waals surface area contributed by atoms with E-state index in [-0.39, 0.29) is 12.5 Å². The van der Waals surface area contributed by atoms with Gasteiger partial charge in [-0.2, -0.15) is 0 Å². The number of fused-ring (bicyclic) bond motifs is 2. The molecule has 0 saturated carbocycles. The third-order valence-corrected chi connectivity index (χ3v) is 4.28. The third-order valence-electron chi connectivity index (χ3n) is 4.28. The van der Waals surface area contributed by atoms with E-state index in [9.17, 15) is 20.1 Å². The molecule has 1 unspecified atom stereocenters. The fraction of sp³-hybridized carbons (Fsp3) is 0.750. The van der Waals surface area contributed by atoms with Crippen LogP contribution < -0.4 is 10.6 Å². The predicted octanol–water partition coefficient (Wildman–Crippen LogP) is -2.59. The monoisotopic (exact) mass is 285 g/mol. The summed E-state index contributed by atoms with van der Waals surface area (Å²) in [7, 11) is 0. The van der Waals surface area contributed by atoms with Crippen LogP contribution in [-0.4, -0.2) is 69.6 Å². The normalized spacial score (nSPS) is 44.3. The van der Waals surface area contributed by atoms with Gasteiger partial charge in [-0.1, -0.05) is 0 Å². The van der Waals surface area contributed by atoms with Gasteiger partial charge in [-0.05, 0) is 19.9 Å². The second kappa shape index (κ2) is 4.68. The molecule has 5 N–H and O–H groups in total. The molecule has 0 aliphatic carbocycles. The maximum absolute atomic E-state index is 11.5. The van der Waals surface area contributed by atoms with Crippen molar-refractivity contribution < 1.29 is 24.9 Å². The minimum absolute atomic E-state index is 0.290. The Bertz CT molecular complexity index is 456. The lowest BCUT2D eigenvalue weighted by Crippen LogP contribution is -2.60. The minimum Gasteiger partial charge on any atom is -0.393 e. The zero-order chi connectivity index (χ0) is 14.5. The molecule has 3 heterocycles. The highest BCUT2D eigenvalue weighted by atomic mass is 16.6. The summed E-state index contributed by atoms with van der Waals surface area (Å²) in [5, 5.41) is 35.4. The molecule has 1 amide bonds. The summed E-state index contributed by atoms with van der Waals surface area (Å²) < 4.78 is 5.84. The zero-order valence-corrected chi connectivity index (χ0v) is 11.1. The van der Waals surface area contributed by atoms with Crippen molar-refractivity contribution in [1.82, 2.24) is 15.5 Å². The van der Waals surface area contributed by atoms with Crippen molar-refractivity contribution in [3.8, 4) is 0 Å². The summed E-state index contributed by atoms with van der Waals surface area (Å²) >= 11 is 0. The fourth-order valence-corrected chi connectivity index (χ4v) is 3.06. The van der Waals surface area contributed by atoms with Gasteiger partial charge in [0.2, 0.25) is 6.35 Å². The number of nitrogens with zero attached hydrogens (tertiary/aromatic N) is 1. The van der Waals surface area contributed by atoms with Gasteiger partial charge < -0.3 is 35.6 Å². The molecule has 0 aromatic carbocycles. The maximum Gasteiger partial charge on any atom is 0.251 e. The molecule has 8 nitrogen and oxygen atoms in total. The van der Waals surface area contributed by atoms with Gasteiger partial charge in [0.1, 0.15) is 11.7 Å². The number of hydrogen-bond acceptors (Lipinski definition) is 7. The average molecular weight is 285 g/mol. The van der Waals surface area contributed by atoms with E-state index < -0.39 is 30.3 Å². The molecule has 0 radical (unpaired) electrons. The Morgan fingerprint density at radius 3 is 2.95 bits per heavy atom. The molecule has 2 fully saturated rings. The van der Waals surface area contributed by atoms with E-state index in [2.05, 4.69) is 10.6 Å². The molecule has 20 heavy (non-hydrogen) atoms. The Labute approximate surface area is 116 Å². The molecule has 0 spiro atoms. The highest BCUT2D eigenvalue weighted by molar-refractivity contribution is 5.93. The lowest BCUT2D eigenvalue weighted by atomic mass is 9.88. The molecule has 5 atom stereocenters. The first-order valence-corrected chi connectivity index (χ1v) is 6.63. The summed E-state index contributed by atoms with van der Waals surface area (Å²) in [5.41, 5.74) is -0.573. The molecule has 0 aromatic rings. The molecule has 112 valence electrons. The zero-order valence-electron chi connectivity index (χ0n) is 11.1. The van der Waals surface area contributed by atoms with Gasteiger partial charge in [0, 0.05) is 11.8 Å². The number of aliphatic hydroxyl groups is 3. The third kappa shape index (κ3) is 1.84. The van der Waals surface area contributed by atoms with Crippen LogP contribution >= 0.6 is 0 Å². The Balaban J connectivity index is 1.90. The minimum atomic E-state index is -1.22. The van der Waals surface area contributed by atoms with Crippen LogP contribution in [0, 0.1) is 0 Å². The Morgan fingerprint density at radius 2 is 2.30 bits per heavy atom. The van der Waals surface area contributed by atoms with E-state index in [1.54, 1.807) is 6.92 Å². The quantitative estimate of drug-likeness (QED) is 0.378. The van der Waals surface area contributed by atoms with E-state index in [0.29, 0.717) is 18.5 Å². The van der Waals surface area contributed by atoms with Crippen molar-refractivity contribution in [1.29, 1.82) is 0 Å². The fourth-order valence-electron chi connectivity index (χ4n) is 3.06. The first-order valence-electron chi connectivity index (χ1n) is 6.63. The predicted molar refractivity (Wildman–Crippen MR) is 66.8 cm³/mol. The van der Waals surface area contributed by atoms with Gasteiger partial charge in [0.05, 0.1) is 12.6 Å². The van der Waals surface area contributed by atoms with Gasteiger partial charge in [-0.25, -0.2) is 0 Å². The number of ether oxygens (including phenoxy) is 1. The van der Waals surface area contributed by atoms with Crippen molar-refractivity contribution in [2.24, 2.45) is 0 Å². The van der Waals surface area contributed by atoms with Crippen LogP contribution in [0.5, 0.6) is 0 Å². The maximum atomic E-state index is 11.5. The Hall–Kier alpha value is -1.19. The van der Waals surface area contributed by atoms with Crippen molar-refractivity contribution in [3.63, 3.8) is 0 Å². The Morgan fingerprint density at radius 1 is 1.55 bits per heavy atom. The number of nitrogens with one attached hydrogen (secondary N) is 2. The van der Waals surface area contributed by atoms with Crippen molar-refractivity contribution in [2.45, 2.75) is 43.7 Å². The molecule has 2 bridgehead atoms. The van der Waals surface area contributed by atoms with Gasteiger partial charge >= 0.3 is 0 Å². The summed E-state index contributed by atoms with van der Waals surface area (Å²) in [5.74, 6) is -0.347. The highest BCUT2D eigenvalue weighted by Crippen LogP contribution is 2.38. The number of piperidine rings is 1.